The van der Waals surface area contributed by atoms with Crippen molar-refractivity contribution in [2.75, 3.05) is 5.32 Å². The van der Waals surface area contributed by atoms with Gasteiger partial charge in [0.15, 0.2) is 0 Å². The zero-order chi connectivity index (χ0) is 22.0. The highest BCUT2D eigenvalue weighted by atomic mass is 16.6. The van der Waals surface area contributed by atoms with Gasteiger partial charge in [-0.15, -0.1) is 0 Å². The fourth-order valence-corrected chi connectivity index (χ4v) is 4.59. The van der Waals surface area contributed by atoms with Gasteiger partial charge in [0.25, 0.3) is 0 Å². The lowest BCUT2D eigenvalue weighted by molar-refractivity contribution is -0.00714. The minimum Gasteiger partial charge on any atom is -0.456 e. The topological polar surface area (TPSA) is 108 Å². The van der Waals surface area contributed by atoms with E-state index in [2.05, 4.69) is 22.2 Å². The predicted octanol–water partition coefficient (Wildman–Crippen LogP) is 3.57. The van der Waals surface area contributed by atoms with Gasteiger partial charge in [-0.25, -0.2) is 14.8 Å². The lowest BCUT2D eigenvalue weighted by Gasteiger charge is -2.39. The maximum absolute atomic E-state index is 12.2. The smallest absolute Gasteiger partial charge is 0.340 e. The van der Waals surface area contributed by atoms with E-state index in [9.17, 15) is 4.79 Å². The van der Waals surface area contributed by atoms with Crippen LogP contribution in [0, 0.1) is 5.92 Å². The van der Waals surface area contributed by atoms with Gasteiger partial charge in [-0.3, -0.25) is 4.68 Å². The van der Waals surface area contributed by atoms with Gasteiger partial charge in [-0.1, -0.05) is 6.42 Å². The largest absolute Gasteiger partial charge is 0.456 e. The van der Waals surface area contributed by atoms with Crippen LogP contribution in [-0.4, -0.2) is 31.3 Å². The van der Waals surface area contributed by atoms with Crippen molar-refractivity contribution in [3.05, 3.63) is 41.3 Å². The molecule has 2 aliphatic rings. The Morgan fingerprint density at radius 1 is 1.29 bits per heavy atom. The summed E-state index contributed by atoms with van der Waals surface area (Å²) >= 11 is 0. The number of nitrogens with two attached hydrogens (primary N) is 1. The lowest BCUT2D eigenvalue weighted by atomic mass is 9.70. The molecule has 4 heterocycles. The number of pyridine rings is 2. The highest BCUT2D eigenvalue weighted by molar-refractivity contribution is 5.92. The van der Waals surface area contributed by atoms with E-state index in [4.69, 9.17) is 15.6 Å². The van der Waals surface area contributed by atoms with Crippen molar-refractivity contribution in [1.29, 1.82) is 0 Å². The minimum atomic E-state index is -0.565. The van der Waals surface area contributed by atoms with Crippen LogP contribution in [0.4, 0.5) is 11.6 Å². The first kappa shape index (κ1) is 19.9. The average molecular weight is 421 g/mol. The Balaban J connectivity index is 1.49. The number of hydrogen-bond acceptors (Lipinski definition) is 7. The number of nitrogens with one attached hydrogen (secondary N) is 1. The molecule has 31 heavy (non-hydrogen) atoms. The van der Waals surface area contributed by atoms with Crippen LogP contribution in [0.15, 0.2) is 24.4 Å². The van der Waals surface area contributed by atoms with Crippen LogP contribution in [0.5, 0.6) is 0 Å². The van der Waals surface area contributed by atoms with Crippen LogP contribution < -0.4 is 11.1 Å². The maximum atomic E-state index is 12.2. The summed E-state index contributed by atoms with van der Waals surface area (Å²) in [6, 6.07) is 5.51. The summed E-state index contributed by atoms with van der Waals surface area (Å²) < 4.78 is 7.30. The number of fused-ring (bicyclic) bond motifs is 2. The number of carbonyl (C=O) groups is 1. The molecule has 162 valence electrons. The third kappa shape index (κ3) is 3.35. The van der Waals surface area contributed by atoms with Crippen molar-refractivity contribution in [1.82, 2.24) is 19.7 Å². The molecule has 0 amide bonds. The Hall–Kier alpha value is -3.00. The van der Waals surface area contributed by atoms with Crippen LogP contribution in [0.25, 0.3) is 10.9 Å². The second-order valence-corrected chi connectivity index (χ2v) is 9.61. The Labute approximate surface area is 181 Å². The quantitative estimate of drug-likeness (QED) is 0.621. The van der Waals surface area contributed by atoms with E-state index >= 15 is 0 Å². The van der Waals surface area contributed by atoms with E-state index in [1.165, 1.54) is 6.42 Å². The van der Waals surface area contributed by atoms with Gasteiger partial charge < -0.3 is 15.8 Å². The molecular weight excluding hydrogens is 392 g/mol. The molecule has 1 saturated carbocycles. The van der Waals surface area contributed by atoms with Crippen molar-refractivity contribution in [2.45, 2.75) is 57.6 Å². The molecule has 3 aromatic rings. The van der Waals surface area contributed by atoms with E-state index in [1.54, 1.807) is 12.1 Å². The summed E-state index contributed by atoms with van der Waals surface area (Å²) in [6.45, 7) is 5.86. The normalized spacial score (nSPS) is 20.0. The fourth-order valence-electron chi connectivity index (χ4n) is 4.59. The number of carbonyl (C=O) groups excluding carboxylic acids is 1. The number of hydrogen-bond donors (Lipinski definition) is 2. The van der Waals surface area contributed by atoms with Gasteiger partial charge in [0, 0.05) is 18.9 Å². The van der Waals surface area contributed by atoms with Gasteiger partial charge in [0.1, 0.15) is 17.2 Å². The summed E-state index contributed by atoms with van der Waals surface area (Å²) in [4.78, 5) is 21.4. The molecule has 3 N–H and O–H groups in total. The number of rotatable bonds is 4. The summed E-state index contributed by atoms with van der Waals surface area (Å²) in [7, 11) is 1.92. The van der Waals surface area contributed by atoms with Gasteiger partial charge in [-0.2, -0.15) is 5.10 Å². The van der Waals surface area contributed by atoms with Crippen LogP contribution in [0.2, 0.25) is 0 Å². The first-order chi connectivity index (χ1) is 14.6. The zero-order valence-corrected chi connectivity index (χ0v) is 18.4. The van der Waals surface area contributed by atoms with Gasteiger partial charge >= 0.3 is 5.97 Å². The monoisotopic (exact) mass is 420 g/mol. The summed E-state index contributed by atoms with van der Waals surface area (Å²) in [5.41, 5.74) is 8.82. The summed E-state index contributed by atoms with van der Waals surface area (Å²) in [5.74, 6) is 1.41. The van der Waals surface area contributed by atoms with E-state index in [0.717, 1.165) is 35.1 Å². The Bertz CT molecular complexity index is 1190. The molecule has 1 aliphatic heterocycles. The van der Waals surface area contributed by atoms with Crippen LogP contribution in [0.3, 0.4) is 0 Å². The minimum absolute atomic E-state index is 0.330. The Kier molecular flexibility index (Phi) is 4.34. The fraction of sp³-hybridized carbons (Fsp3) is 0.478. The van der Waals surface area contributed by atoms with Crippen molar-refractivity contribution >= 4 is 28.5 Å². The highest BCUT2D eigenvalue weighted by Crippen LogP contribution is 2.42. The van der Waals surface area contributed by atoms with Crippen molar-refractivity contribution in [3.63, 3.8) is 0 Å². The molecule has 5 rings (SSSR count). The van der Waals surface area contributed by atoms with Crippen LogP contribution in [0.1, 0.15) is 61.8 Å². The molecule has 0 bridgehead atoms. The SMILES string of the molecule is Cn1nc(C(C)(N)C2CCC2)c2cc(Nc3ccc4c(n3)CC(C)(C)OC4=O)ncc21. The number of nitrogens with zero attached hydrogens (tertiary/aromatic N) is 4. The number of esters is 1. The summed E-state index contributed by atoms with van der Waals surface area (Å²) in [5, 5.41) is 9.03. The van der Waals surface area contributed by atoms with Gasteiger partial charge in [-0.05, 0) is 57.7 Å². The van der Waals surface area contributed by atoms with Gasteiger partial charge in [0.05, 0.1) is 34.2 Å². The molecule has 8 heteroatoms. The summed E-state index contributed by atoms with van der Waals surface area (Å²) in [6.07, 6.45) is 5.88. The molecule has 1 fully saturated rings. The third-order valence-corrected chi connectivity index (χ3v) is 6.61. The molecule has 0 spiro atoms. The van der Waals surface area contributed by atoms with Crippen molar-refractivity contribution in [3.8, 4) is 0 Å². The first-order valence-electron chi connectivity index (χ1n) is 10.8. The van der Waals surface area contributed by atoms with Crippen LogP contribution in [-0.2, 0) is 23.7 Å². The molecule has 0 saturated heterocycles. The molecule has 0 aromatic carbocycles. The molecule has 1 atom stereocenters. The van der Waals surface area contributed by atoms with Crippen molar-refractivity contribution < 1.29 is 9.53 Å². The number of aromatic nitrogens is 4. The molecule has 3 aromatic heterocycles. The molecule has 0 radical (unpaired) electrons. The average Bonchev–Trinajstić information content (AvgIpc) is 2.95. The number of anilines is 2. The van der Waals surface area contributed by atoms with E-state index in [1.807, 2.05) is 37.8 Å². The van der Waals surface area contributed by atoms with Gasteiger partial charge in [0.2, 0.25) is 0 Å². The first-order valence-corrected chi connectivity index (χ1v) is 10.8. The standard InChI is InChI=1S/C23H28N6O2/c1-22(2)11-16-14(21(30)31-22)8-9-18(26-16)27-19-10-15-17(12-25-19)29(4)28-20(15)23(3,24)13-6-5-7-13/h8-10,12-13H,5-7,11,24H2,1-4H3,(H,25,26,27). The Morgan fingerprint density at radius 3 is 2.77 bits per heavy atom. The van der Waals surface area contributed by atoms with E-state index in [0.29, 0.717) is 29.5 Å². The van der Waals surface area contributed by atoms with E-state index in [-0.39, 0.29) is 5.97 Å². The number of cyclic esters (lactones) is 1. The Morgan fingerprint density at radius 2 is 2.06 bits per heavy atom. The van der Waals surface area contributed by atoms with E-state index < -0.39 is 11.1 Å². The number of aryl methyl sites for hydroxylation is 1. The highest BCUT2D eigenvalue weighted by Gasteiger charge is 2.39. The maximum Gasteiger partial charge on any atom is 0.340 e. The molecular formula is C23H28N6O2. The van der Waals surface area contributed by atoms with Crippen molar-refractivity contribution in [2.24, 2.45) is 18.7 Å². The third-order valence-electron chi connectivity index (χ3n) is 6.61. The lowest BCUT2D eigenvalue weighted by Crippen LogP contribution is -2.45. The zero-order valence-electron chi connectivity index (χ0n) is 18.4. The molecule has 8 nitrogen and oxygen atoms in total. The second-order valence-electron chi connectivity index (χ2n) is 9.61. The predicted molar refractivity (Wildman–Crippen MR) is 118 cm³/mol. The second kappa shape index (κ2) is 6.75. The molecule has 1 aliphatic carbocycles. The molecule has 1 unspecified atom stereocenters. The van der Waals surface area contributed by atoms with Crippen LogP contribution >= 0.6 is 0 Å². The number of ether oxygens (including phenoxy) is 1.